The van der Waals surface area contributed by atoms with Gasteiger partial charge in [-0.3, -0.25) is 4.79 Å². The molecule has 2 N–H and O–H groups in total. The van der Waals surface area contributed by atoms with Gasteiger partial charge in [0, 0.05) is 25.4 Å². The standard InChI is InChI=1S/C15H24N2O2/c1-11(2)17(8-9-19-4)15(18)12(3)13-6-5-7-14(16)10-13/h5-7,10-12H,8-9,16H2,1-4H3. The van der Waals surface area contributed by atoms with Crippen LogP contribution in [-0.2, 0) is 9.53 Å². The zero-order chi connectivity index (χ0) is 14.4. The number of carbonyl (C=O) groups excluding carboxylic acids is 1. The molecule has 19 heavy (non-hydrogen) atoms. The highest BCUT2D eigenvalue weighted by molar-refractivity contribution is 5.83. The summed E-state index contributed by atoms with van der Waals surface area (Å²) in [7, 11) is 1.64. The van der Waals surface area contributed by atoms with Gasteiger partial charge in [-0.15, -0.1) is 0 Å². The fraction of sp³-hybridized carbons (Fsp3) is 0.533. The lowest BCUT2D eigenvalue weighted by molar-refractivity contribution is -0.134. The molecule has 0 fully saturated rings. The number of methoxy groups -OCH3 is 1. The van der Waals surface area contributed by atoms with Crippen LogP contribution in [0, 0.1) is 0 Å². The van der Waals surface area contributed by atoms with Gasteiger partial charge in [0.15, 0.2) is 0 Å². The number of benzene rings is 1. The maximum atomic E-state index is 12.5. The van der Waals surface area contributed by atoms with E-state index in [-0.39, 0.29) is 17.9 Å². The highest BCUT2D eigenvalue weighted by Crippen LogP contribution is 2.21. The molecule has 4 nitrogen and oxygen atoms in total. The number of nitrogens with two attached hydrogens (primary N) is 1. The van der Waals surface area contributed by atoms with Crippen LogP contribution in [0.15, 0.2) is 24.3 Å². The number of nitrogens with zero attached hydrogens (tertiary/aromatic N) is 1. The van der Waals surface area contributed by atoms with E-state index in [2.05, 4.69) is 0 Å². The van der Waals surface area contributed by atoms with Crippen LogP contribution >= 0.6 is 0 Å². The molecule has 0 spiro atoms. The topological polar surface area (TPSA) is 55.6 Å². The monoisotopic (exact) mass is 264 g/mol. The molecule has 0 saturated heterocycles. The van der Waals surface area contributed by atoms with Gasteiger partial charge in [0.2, 0.25) is 5.91 Å². The molecule has 1 amide bonds. The van der Waals surface area contributed by atoms with Crippen molar-refractivity contribution in [1.82, 2.24) is 4.90 Å². The van der Waals surface area contributed by atoms with Gasteiger partial charge in [0.05, 0.1) is 12.5 Å². The zero-order valence-corrected chi connectivity index (χ0v) is 12.2. The minimum atomic E-state index is -0.192. The molecule has 0 saturated carbocycles. The van der Waals surface area contributed by atoms with Gasteiger partial charge in [-0.1, -0.05) is 12.1 Å². The molecule has 0 aliphatic heterocycles. The molecule has 0 bridgehead atoms. The molecular formula is C15H24N2O2. The van der Waals surface area contributed by atoms with E-state index in [9.17, 15) is 4.79 Å². The van der Waals surface area contributed by atoms with Crippen molar-refractivity contribution < 1.29 is 9.53 Å². The Bertz CT molecular complexity index is 418. The summed E-state index contributed by atoms with van der Waals surface area (Å²) < 4.78 is 5.06. The van der Waals surface area contributed by atoms with E-state index in [1.54, 1.807) is 7.11 Å². The van der Waals surface area contributed by atoms with Crippen molar-refractivity contribution in [2.24, 2.45) is 0 Å². The number of ether oxygens (including phenoxy) is 1. The van der Waals surface area contributed by atoms with Crippen LogP contribution in [0.4, 0.5) is 5.69 Å². The first-order valence-corrected chi connectivity index (χ1v) is 6.62. The molecule has 1 unspecified atom stereocenters. The van der Waals surface area contributed by atoms with Crippen molar-refractivity contribution in [1.29, 1.82) is 0 Å². The Morgan fingerprint density at radius 1 is 1.37 bits per heavy atom. The van der Waals surface area contributed by atoms with E-state index in [1.807, 2.05) is 49.9 Å². The largest absolute Gasteiger partial charge is 0.399 e. The van der Waals surface area contributed by atoms with Crippen molar-refractivity contribution >= 4 is 11.6 Å². The molecule has 1 atom stereocenters. The lowest BCUT2D eigenvalue weighted by atomic mass is 9.98. The van der Waals surface area contributed by atoms with Gasteiger partial charge in [-0.25, -0.2) is 0 Å². The molecular weight excluding hydrogens is 240 g/mol. The number of anilines is 1. The summed E-state index contributed by atoms with van der Waals surface area (Å²) in [6, 6.07) is 7.66. The second kappa shape index (κ2) is 7.14. The predicted molar refractivity (Wildman–Crippen MR) is 78.0 cm³/mol. The summed E-state index contributed by atoms with van der Waals surface area (Å²) >= 11 is 0. The molecule has 106 valence electrons. The summed E-state index contributed by atoms with van der Waals surface area (Å²) in [5, 5.41) is 0. The Kier molecular flexibility index (Phi) is 5.83. The smallest absolute Gasteiger partial charge is 0.230 e. The minimum Gasteiger partial charge on any atom is -0.399 e. The first-order chi connectivity index (χ1) is 8.97. The fourth-order valence-electron chi connectivity index (χ4n) is 2.03. The van der Waals surface area contributed by atoms with Crippen molar-refractivity contribution in [3.8, 4) is 0 Å². The van der Waals surface area contributed by atoms with Gasteiger partial charge in [-0.2, -0.15) is 0 Å². The fourth-order valence-corrected chi connectivity index (χ4v) is 2.03. The van der Waals surface area contributed by atoms with Gasteiger partial charge in [-0.05, 0) is 38.5 Å². The normalized spacial score (nSPS) is 12.5. The van der Waals surface area contributed by atoms with Gasteiger partial charge < -0.3 is 15.4 Å². The molecule has 0 aliphatic rings. The lowest BCUT2D eigenvalue weighted by Crippen LogP contribution is -2.41. The van der Waals surface area contributed by atoms with Crippen LogP contribution in [0.2, 0.25) is 0 Å². The van der Waals surface area contributed by atoms with Crippen molar-refractivity contribution in [2.45, 2.75) is 32.7 Å². The third kappa shape index (κ3) is 4.24. The van der Waals surface area contributed by atoms with Crippen molar-refractivity contribution in [3.05, 3.63) is 29.8 Å². The molecule has 1 aromatic carbocycles. The summed E-state index contributed by atoms with van der Waals surface area (Å²) in [5.74, 6) is -0.0830. The Balaban J connectivity index is 2.84. The minimum absolute atomic E-state index is 0.109. The average Bonchev–Trinajstić information content (AvgIpc) is 2.37. The molecule has 1 rings (SSSR count). The van der Waals surface area contributed by atoms with Crippen LogP contribution in [0.5, 0.6) is 0 Å². The second-order valence-electron chi connectivity index (χ2n) is 5.01. The molecule has 4 heteroatoms. The van der Waals surface area contributed by atoms with E-state index in [0.29, 0.717) is 18.8 Å². The number of carbonyl (C=O) groups is 1. The number of amides is 1. The maximum Gasteiger partial charge on any atom is 0.230 e. The van der Waals surface area contributed by atoms with Crippen LogP contribution in [0.3, 0.4) is 0 Å². The molecule has 0 radical (unpaired) electrons. The van der Waals surface area contributed by atoms with Crippen LogP contribution in [0.25, 0.3) is 0 Å². The lowest BCUT2D eigenvalue weighted by Gasteiger charge is -2.29. The van der Waals surface area contributed by atoms with E-state index in [0.717, 1.165) is 5.56 Å². The van der Waals surface area contributed by atoms with E-state index in [1.165, 1.54) is 0 Å². The predicted octanol–water partition coefficient (Wildman–Crippen LogP) is 2.26. The van der Waals surface area contributed by atoms with Gasteiger partial charge in [0.25, 0.3) is 0 Å². The van der Waals surface area contributed by atoms with Gasteiger partial charge >= 0.3 is 0 Å². The Morgan fingerprint density at radius 2 is 2.05 bits per heavy atom. The summed E-state index contributed by atoms with van der Waals surface area (Å²) in [6.07, 6.45) is 0. The summed E-state index contributed by atoms with van der Waals surface area (Å²) in [4.78, 5) is 14.4. The second-order valence-corrected chi connectivity index (χ2v) is 5.01. The van der Waals surface area contributed by atoms with E-state index < -0.39 is 0 Å². The van der Waals surface area contributed by atoms with Gasteiger partial charge in [0.1, 0.15) is 0 Å². The molecule has 0 heterocycles. The maximum absolute atomic E-state index is 12.5. The molecule has 1 aromatic rings. The van der Waals surface area contributed by atoms with Crippen LogP contribution < -0.4 is 5.73 Å². The highest BCUT2D eigenvalue weighted by atomic mass is 16.5. The van der Waals surface area contributed by atoms with E-state index >= 15 is 0 Å². The van der Waals surface area contributed by atoms with Crippen LogP contribution in [0.1, 0.15) is 32.3 Å². The number of hydrogen-bond acceptors (Lipinski definition) is 3. The first-order valence-electron chi connectivity index (χ1n) is 6.62. The quantitative estimate of drug-likeness (QED) is 0.802. The SMILES string of the molecule is COCCN(C(=O)C(C)c1cccc(N)c1)C(C)C. The van der Waals surface area contributed by atoms with Crippen molar-refractivity contribution in [3.63, 3.8) is 0 Å². The first kappa shape index (κ1) is 15.5. The highest BCUT2D eigenvalue weighted by Gasteiger charge is 2.23. The van der Waals surface area contributed by atoms with Crippen molar-refractivity contribution in [2.75, 3.05) is 26.0 Å². The van der Waals surface area contributed by atoms with E-state index in [4.69, 9.17) is 10.5 Å². The average molecular weight is 264 g/mol. The molecule has 0 aliphatic carbocycles. The Morgan fingerprint density at radius 3 is 2.58 bits per heavy atom. The Hall–Kier alpha value is -1.55. The zero-order valence-electron chi connectivity index (χ0n) is 12.2. The third-order valence-corrected chi connectivity index (χ3v) is 3.22. The summed E-state index contributed by atoms with van der Waals surface area (Å²) in [5.41, 5.74) is 7.40. The number of hydrogen-bond donors (Lipinski definition) is 1. The molecule has 0 aromatic heterocycles. The number of nitrogen functional groups attached to an aromatic ring is 1. The Labute approximate surface area is 115 Å². The summed E-state index contributed by atoms with van der Waals surface area (Å²) in [6.45, 7) is 7.10. The number of rotatable bonds is 6. The van der Waals surface area contributed by atoms with Crippen LogP contribution in [-0.4, -0.2) is 37.1 Å². The third-order valence-electron chi connectivity index (χ3n) is 3.22.